The van der Waals surface area contributed by atoms with Gasteiger partial charge in [-0.15, -0.1) is 0 Å². The quantitative estimate of drug-likeness (QED) is 0.666. The number of pyridine rings is 1. The molecule has 0 saturated heterocycles. The van der Waals surface area contributed by atoms with Gasteiger partial charge in [0.2, 0.25) is 0 Å². The molecule has 5 rings (SSSR count). The number of hydrogen-bond donors (Lipinski definition) is 1. The molecule has 0 aliphatic heterocycles. The second-order valence-electron chi connectivity index (χ2n) is 7.83. The average molecular weight is 328 g/mol. The Morgan fingerprint density at radius 3 is 2.25 bits per heavy atom. The number of carbonyl (C=O) groups is 2. The van der Waals surface area contributed by atoms with Gasteiger partial charge in [0.25, 0.3) is 5.91 Å². The Kier molecular flexibility index (Phi) is 4.02. The van der Waals surface area contributed by atoms with Gasteiger partial charge >= 0.3 is 5.97 Å². The molecule has 4 aliphatic rings. The van der Waals surface area contributed by atoms with Crippen LogP contribution in [0.25, 0.3) is 0 Å². The molecule has 4 bridgehead atoms. The van der Waals surface area contributed by atoms with E-state index in [2.05, 4.69) is 10.3 Å². The zero-order valence-corrected chi connectivity index (χ0v) is 13.9. The Morgan fingerprint density at radius 2 is 1.67 bits per heavy atom. The highest BCUT2D eigenvalue weighted by atomic mass is 16.5. The van der Waals surface area contributed by atoms with Crippen LogP contribution in [-0.2, 0) is 9.53 Å². The van der Waals surface area contributed by atoms with Crippen molar-refractivity contribution in [1.29, 1.82) is 0 Å². The summed E-state index contributed by atoms with van der Waals surface area (Å²) in [7, 11) is 0. The summed E-state index contributed by atoms with van der Waals surface area (Å²) in [6.45, 7) is 0.594. The Balaban J connectivity index is 1.26. The zero-order valence-electron chi connectivity index (χ0n) is 13.9. The van der Waals surface area contributed by atoms with E-state index in [1.54, 1.807) is 24.5 Å². The van der Waals surface area contributed by atoms with Gasteiger partial charge < -0.3 is 10.1 Å². The molecule has 1 heterocycles. The van der Waals surface area contributed by atoms with Crippen molar-refractivity contribution in [2.24, 2.45) is 23.2 Å². The van der Waals surface area contributed by atoms with Gasteiger partial charge in [0.1, 0.15) is 6.61 Å². The van der Waals surface area contributed by atoms with Crippen LogP contribution in [0.4, 0.5) is 0 Å². The maximum Gasteiger partial charge on any atom is 0.312 e. The molecule has 0 atom stereocenters. The molecule has 4 fully saturated rings. The first-order valence-corrected chi connectivity index (χ1v) is 9.00. The maximum absolute atomic E-state index is 12.7. The van der Waals surface area contributed by atoms with Crippen molar-refractivity contribution in [3.63, 3.8) is 0 Å². The molecular weight excluding hydrogens is 304 g/mol. The first kappa shape index (κ1) is 15.6. The molecule has 0 spiro atoms. The molecule has 1 aromatic rings. The number of nitrogens with zero attached hydrogens (tertiary/aromatic N) is 1. The average Bonchev–Trinajstić information content (AvgIpc) is 2.58. The lowest BCUT2D eigenvalue weighted by atomic mass is 9.49. The summed E-state index contributed by atoms with van der Waals surface area (Å²) in [5.74, 6) is 2.00. The van der Waals surface area contributed by atoms with E-state index >= 15 is 0 Å². The number of hydrogen-bond acceptors (Lipinski definition) is 4. The zero-order chi connectivity index (χ0) is 16.6. The van der Waals surface area contributed by atoms with E-state index in [0.29, 0.717) is 12.1 Å². The largest absolute Gasteiger partial charge is 0.463 e. The van der Waals surface area contributed by atoms with E-state index in [4.69, 9.17) is 4.74 Å². The van der Waals surface area contributed by atoms with Crippen LogP contribution in [0.5, 0.6) is 0 Å². The van der Waals surface area contributed by atoms with Crippen LogP contribution in [-0.4, -0.2) is 30.0 Å². The molecule has 128 valence electrons. The predicted octanol–water partition coefficient (Wildman–Crippen LogP) is 2.57. The van der Waals surface area contributed by atoms with Crippen LogP contribution in [0, 0.1) is 23.2 Å². The molecule has 5 nitrogen and oxygen atoms in total. The molecule has 0 unspecified atom stereocenters. The van der Waals surface area contributed by atoms with E-state index < -0.39 is 0 Å². The summed E-state index contributed by atoms with van der Waals surface area (Å²) in [6.07, 6.45) is 10.2. The van der Waals surface area contributed by atoms with Crippen LogP contribution in [0.15, 0.2) is 24.5 Å². The molecule has 1 aromatic heterocycles. The number of esters is 1. The van der Waals surface area contributed by atoms with E-state index in [1.807, 2.05) is 0 Å². The smallest absolute Gasteiger partial charge is 0.312 e. The third kappa shape index (κ3) is 2.92. The summed E-state index contributed by atoms with van der Waals surface area (Å²) in [5, 5.41) is 2.78. The van der Waals surface area contributed by atoms with E-state index in [-0.39, 0.29) is 23.9 Å². The Morgan fingerprint density at radius 1 is 1.08 bits per heavy atom. The Bertz CT molecular complexity index is 593. The summed E-state index contributed by atoms with van der Waals surface area (Å²) in [4.78, 5) is 28.5. The standard InChI is InChI=1S/C19H24N2O3/c22-17(16-1-3-20-4-2-16)21-5-6-24-18(23)19-10-13-7-14(11-19)9-15(8-13)12-19/h1-4,13-15H,5-12H2,(H,21,22). The number of nitrogens with one attached hydrogen (secondary N) is 1. The van der Waals surface area contributed by atoms with Gasteiger partial charge in [-0.2, -0.15) is 0 Å². The van der Waals surface area contributed by atoms with Gasteiger partial charge in [0, 0.05) is 18.0 Å². The molecule has 4 saturated carbocycles. The number of rotatable bonds is 5. The minimum Gasteiger partial charge on any atom is -0.463 e. The Hall–Kier alpha value is -1.91. The third-order valence-electron chi connectivity index (χ3n) is 6.03. The van der Waals surface area contributed by atoms with E-state index in [0.717, 1.165) is 37.0 Å². The van der Waals surface area contributed by atoms with Gasteiger partial charge in [-0.05, 0) is 68.4 Å². The number of carbonyl (C=O) groups excluding carboxylic acids is 2. The lowest BCUT2D eigenvalue weighted by molar-refractivity contribution is -0.171. The van der Waals surface area contributed by atoms with Crippen LogP contribution in [0.2, 0.25) is 0 Å². The fraction of sp³-hybridized carbons (Fsp3) is 0.632. The monoisotopic (exact) mass is 328 g/mol. The minimum absolute atomic E-state index is 0.0280. The Labute approximate surface area is 142 Å². The molecule has 0 aromatic carbocycles. The van der Waals surface area contributed by atoms with Crippen LogP contribution >= 0.6 is 0 Å². The molecule has 1 N–H and O–H groups in total. The number of aromatic nitrogens is 1. The minimum atomic E-state index is -0.218. The van der Waals surface area contributed by atoms with Crippen molar-refractivity contribution in [2.75, 3.05) is 13.2 Å². The lowest BCUT2D eigenvalue weighted by Gasteiger charge is -2.55. The third-order valence-corrected chi connectivity index (χ3v) is 6.03. The molecule has 0 radical (unpaired) electrons. The highest BCUT2D eigenvalue weighted by molar-refractivity contribution is 5.93. The highest BCUT2D eigenvalue weighted by Gasteiger charge is 2.55. The highest BCUT2D eigenvalue weighted by Crippen LogP contribution is 2.60. The first-order valence-electron chi connectivity index (χ1n) is 9.00. The fourth-order valence-electron chi connectivity index (χ4n) is 5.43. The lowest BCUT2D eigenvalue weighted by Crippen LogP contribution is -2.50. The van der Waals surface area contributed by atoms with Gasteiger partial charge in [0.15, 0.2) is 0 Å². The van der Waals surface area contributed by atoms with Crippen molar-refractivity contribution < 1.29 is 14.3 Å². The SMILES string of the molecule is O=C(NCCOC(=O)C12CC3CC(CC(C3)C1)C2)c1ccncc1. The fourth-order valence-corrected chi connectivity index (χ4v) is 5.43. The van der Waals surface area contributed by atoms with Crippen LogP contribution in [0.3, 0.4) is 0 Å². The van der Waals surface area contributed by atoms with Gasteiger partial charge in [-0.25, -0.2) is 0 Å². The second kappa shape index (κ2) is 6.19. The van der Waals surface area contributed by atoms with Crippen molar-refractivity contribution in [1.82, 2.24) is 10.3 Å². The van der Waals surface area contributed by atoms with Crippen LogP contribution < -0.4 is 5.32 Å². The van der Waals surface area contributed by atoms with Crippen LogP contribution in [0.1, 0.15) is 48.9 Å². The number of ether oxygens (including phenoxy) is 1. The molecule has 4 aliphatic carbocycles. The molecule has 1 amide bonds. The molecule has 24 heavy (non-hydrogen) atoms. The van der Waals surface area contributed by atoms with Crippen molar-refractivity contribution in [3.05, 3.63) is 30.1 Å². The van der Waals surface area contributed by atoms with Crippen molar-refractivity contribution in [3.8, 4) is 0 Å². The summed E-state index contributed by atoms with van der Waals surface area (Å²) >= 11 is 0. The first-order chi connectivity index (χ1) is 11.6. The molecular formula is C19H24N2O3. The van der Waals surface area contributed by atoms with Gasteiger partial charge in [-0.1, -0.05) is 0 Å². The molecule has 5 heteroatoms. The number of amides is 1. The topological polar surface area (TPSA) is 68.3 Å². The maximum atomic E-state index is 12.7. The van der Waals surface area contributed by atoms with Gasteiger partial charge in [0.05, 0.1) is 12.0 Å². The summed E-state index contributed by atoms with van der Waals surface area (Å²) in [5.41, 5.74) is 0.349. The summed E-state index contributed by atoms with van der Waals surface area (Å²) in [6, 6.07) is 3.33. The van der Waals surface area contributed by atoms with Gasteiger partial charge in [-0.3, -0.25) is 14.6 Å². The second-order valence-corrected chi connectivity index (χ2v) is 7.83. The summed E-state index contributed by atoms with van der Waals surface area (Å²) < 4.78 is 5.55. The predicted molar refractivity (Wildman–Crippen MR) is 88.1 cm³/mol. The van der Waals surface area contributed by atoms with E-state index in [1.165, 1.54) is 19.3 Å². The van der Waals surface area contributed by atoms with E-state index in [9.17, 15) is 9.59 Å². The normalized spacial score (nSPS) is 33.2. The van der Waals surface area contributed by atoms with Crippen molar-refractivity contribution in [2.45, 2.75) is 38.5 Å². The van der Waals surface area contributed by atoms with Crippen molar-refractivity contribution >= 4 is 11.9 Å².